The monoisotopic (exact) mass is 523 g/mol. The van der Waals surface area contributed by atoms with Crippen molar-refractivity contribution in [1.29, 1.82) is 0 Å². The normalized spacial score (nSPS) is 37.3. The number of nitrogens with zero attached hydrogens (tertiary/aromatic N) is 2. The van der Waals surface area contributed by atoms with Crippen LogP contribution in [0.1, 0.15) is 96.3 Å². The second kappa shape index (κ2) is 11.1. The number of benzene rings is 1. The largest absolute Gasteiger partial charge is 0.481 e. The third-order valence-corrected chi connectivity index (χ3v) is 10.8. The van der Waals surface area contributed by atoms with E-state index in [0.717, 1.165) is 49.6 Å². The van der Waals surface area contributed by atoms with Crippen LogP contribution in [0.25, 0.3) is 0 Å². The van der Waals surface area contributed by atoms with Gasteiger partial charge in [0.1, 0.15) is 0 Å². The van der Waals surface area contributed by atoms with Crippen molar-refractivity contribution in [3.05, 3.63) is 24.3 Å². The molecule has 3 aliphatic carbocycles. The Morgan fingerprint density at radius 1 is 0.763 bits per heavy atom. The number of hydrogen-bond acceptors (Lipinski definition) is 4. The maximum Gasteiger partial charge on any atom is 0.409 e. The number of hydrogen-bond donors (Lipinski definition) is 3. The molecule has 2 heterocycles. The van der Waals surface area contributed by atoms with Crippen LogP contribution in [-0.2, 0) is 4.79 Å². The second-order valence-electron chi connectivity index (χ2n) is 13.0. The first-order valence-electron chi connectivity index (χ1n) is 15.4. The minimum absolute atomic E-state index is 0.107. The highest BCUT2D eigenvalue weighted by Gasteiger charge is 2.48. The van der Waals surface area contributed by atoms with Crippen LogP contribution >= 0.6 is 0 Å². The van der Waals surface area contributed by atoms with Gasteiger partial charge in [-0.25, -0.2) is 4.79 Å². The first-order chi connectivity index (χ1) is 18.5. The number of carboxylic acids is 1. The number of nitrogens with one attached hydrogen (secondary N) is 1. The topological polar surface area (TPSA) is 93.1 Å². The molecule has 1 aromatic carbocycles. The Bertz CT molecular complexity index is 991. The highest BCUT2D eigenvalue weighted by molar-refractivity contribution is 5.89. The summed E-state index contributed by atoms with van der Waals surface area (Å²) < 4.78 is 0. The highest BCUT2D eigenvalue weighted by Crippen LogP contribution is 2.48. The molecule has 38 heavy (non-hydrogen) atoms. The number of amides is 1. The van der Waals surface area contributed by atoms with Crippen molar-refractivity contribution < 1.29 is 19.8 Å². The molecule has 1 aromatic rings. The van der Waals surface area contributed by atoms with Gasteiger partial charge in [-0.05, 0) is 81.8 Å². The van der Waals surface area contributed by atoms with Crippen molar-refractivity contribution in [2.24, 2.45) is 17.8 Å². The van der Waals surface area contributed by atoms with Gasteiger partial charge in [0.05, 0.1) is 17.3 Å². The molecule has 5 fully saturated rings. The number of carbonyl (C=O) groups is 2. The molecule has 3 saturated carbocycles. The highest BCUT2D eigenvalue weighted by atomic mass is 16.4. The summed E-state index contributed by atoms with van der Waals surface area (Å²) in [6.45, 7) is 0. The van der Waals surface area contributed by atoms with Crippen molar-refractivity contribution in [3.8, 4) is 0 Å². The Balaban J connectivity index is 1.32. The molecule has 7 heteroatoms. The van der Waals surface area contributed by atoms with E-state index in [0.29, 0.717) is 30.2 Å². The number of carboxylic acid groups (broad SMARTS) is 2. The maximum atomic E-state index is 12.5. The van der Waals surface area contributed by atoms with Crippen LogP contribution in [0.2, 0.25) is 0 Å². The number of aliphatic carboxylic acids is 1. The first kappa shape index (κ1) is 26.0. The molecule has 7 nitrogen and oxygen atoms in total. The van der Waals surface area contributed by atoms with E-state index < -0.39 is 18.0 Å². The molecule has 2 aliphatic heterocycles. The summed E-state index contributed by atoms with van der Waals surface area (Å²) in [6.07, 6.45) is 16.7. The van der Waals surface area contributed by atoms with Crippen molar-refractivity contribution in [2.75, 3.05) is 10.2 Å². The Kier molecular flexibility index (Phi) is 7.56. The Morgan fingerprint density at radius 3 is 2.11 bits per heavy atom. The van der Waals surface area contributed by atoms with Gasteiger partial charge in [0.25, 0.3) is 0 Å². The van der Waals surface area contributed by atoms with Gasteiger partial charge in [-0.3, -0.25) is 15.0 Å². The van der Waals surface area contributed by atoms with Gasteiger partial charge in [0.15, 0.2) is 0 Å². The minimum Gasteiger partial charge on any atom is -0.481 e. The molecule has 0 radical (unpaired) electrons. The maximum absolute atomic E-state index is 12.5. The van der Waals surface area contributed by atoms with Crippen LogP contribution in [0.4, 0.5) is 16.2 Å². The van der Waals surface area contributed by atoms with Gasteiger partial charge in [-0.2, -0.15) is 0 Å². The average molecular weight is 524 g/mol. The summed E-state index contributed by atoms with van der Waals surface area (Å²) in [5.74, 6) is 0.692. The van der Waals surface area contributed by atoms with Crippen LogP contribution in [0.3, 0.4) is 0 Å². The molecule has 6 atom stereocenters. The molecule has 1 amide bonds. The zero-order valence-corrected chi connectivity index (χ0v) is 22.6. The summed E-state index contributed by atoms with van der Waals surface area (Å²) in [7, 11) is 0. The van der Waals surface area contributed by atoms with Crippen LogP contribution in [0.15, 0.2) is 24.3 Å². The van der Waals surface area contributed by atoms with Gasteiger partial charge >= 0.3 is 12.1 Å². The summed E-state index contributed by atoms with van der Waals surface area (Å²) in [5.41, 5.74) is 1.43. The molecule has 6 unspecified atom stereocenters. The Hall–Kier alpha value is -2.28. The van der Waals surface area contributed by atoms with Gasteiger partial charge in [-0.1, -0.05) is 50.7 Å². The molecule has 5 aliphatic rings. The van der Waals surface area contributed by atoms with Crippen molar-refractivity contribution in [3.63, 3.8) is 0 Å². The lowest BCUT2D eigenvalue weighted by Crippen LogP contribution is -2.63. The molecule has 3 N–H and O–H groups in total. The minimum atomic E-state index is -1.08. The van der Waals surface area contributed by atoms with E-state index in [1.807, 2.05) is 24.3 Å². The predicted octanol–water partition coefficient (Wildman–Crippen LogP) is 6.58. The average Bonchev–Trinajstić information content (AvgIpc) is 2.89. The van der Waals surface area contributed by atoms with Crippen LogP contribution in [0.5, 0.6) is 0 Å². The van der Waals surface area contributed by atoms with E-state index in [1.165, 1.54) is 57.8 Å². The number of rotatable bonds is 6. The van der Waals surface area contributed by atoms with E-state index in [1.54, 1.807) is 0 Å². The van der Waals surface area contributed by atoms with Crippen LogP contribution in [0, 0.1) is 17.8 Å². The van der Waals surface area contributed by atoms with Crippen molar-refractivity contribution >= 4 is 23.4 Å². The van der Waals surface area contributed by atoms with E-state index in [9.17, 15) is 19.8 Å². The molecular weight excluding hydrogens is 478 g/mol. The first-order valence-corrected chi connectivity index (χ1v) is 15.4. The fourth-order valence-electron chi connectivity index (χ4n) is 9.45. The van der Waals surface area contributed by atoms with E-state index in [-0.39, 0.29) is 12.1 Å². The second-order valence-corrected chi connectivity index (χ2v) is 13.0. The Morgan fingerprint density at radius 2 is 1.42 bits per heavy atom. The summed E-state index contributed by atoms with van der Waals surface area (Å²) in [6, 6.07) is 9.58. The number of piperidine rings is 2. The molecule has 4 bridgehead atoms. The fraction of sp³-hybridized carbons (Fsp3) is 0.742. The standard InChI is InChI=1S/C31H45N3O4/c35-30(36)26-11-1-3-13-28(26)34(29-14-4-2-12-27(29)32-31(37)38)25-18-22-9-6-10-23(19-25)33(22)24-16-20-7-5-8-21(15-20)17-24/h2,4,12,14,20-26,28,32H,1,3,5-11,13,15-19H2,(H,35,36)(H,37,38). The third kappa shape index (κ3) is 5.15. The molecular formula is C31H45N3O4. The van der Waals surface area contributed by atoms with Gasteiger partial charge in [-0.15, -0.1) is 0 Å². The quantitative estimate of drug-likeness (QED) is 0.390. The lowest BCUT2D eigenvalue weighted by atomic mass is 9.68. The predicted molar refractivity (Wildman–Crippen MR) is 149 cm³/mol. The van der Waals surface area contributed by atoms with Crippen LogP contribution in [-0.4, -0.2) is 57.4 Å². The zero-order chi connectivity index (χ0) is 26.2. The molecule has 6 rings (SSSR count). The lowest BCUT2D eigenvalue weighted by Gasteiger charge is -2.58. The number of fused-ring (bicyclic) bond motifs is 4. The summed E-state index contributed by atoms with van der Waals surface area (Å²) >= 11 is 0. The van der Waals surface area contributed by atoms with E-state index in [4.69, 9.17) is 0 Å². The van der Waals surface area contributed by atoms with Crippen LogP contribution < -0.4 is 10.2 Å². The summed E-state index contributed by atoms with van der Waals surface area (Å²) in [5, 5.41) is 22.4. The van der Waals surface area contributed by atoms with Gasteiger partial charge in [0, 0.05) is 30.2 Å². The number of anilines is 2. The molecule has 2 saturated heterocycles. The zero-order valence-electron chi connectivity index (χ0n) is 22.6. The smallest absolute Gasteiger partial charge is 0.409 e. The third-order valence-electron chi connectivity index (χ3n) is 10.8. The molecule has 0 aromatic heterocycles. The molecule has 208 valence electrons. The number of para-hydroxylation sites is 2. The van der Waals surface area contributed by atoms with Gasteiger partial charge in [0.2, 0.25) is 0 Å². The van der Waals surface area contributed by atoms with E-state index >= 15 is 0 Å². The van der Waals surface area contributed by atoms with E-state index in [2.05, 4.69) is 15.1 Å². The van der Waals surface area contributed by atoms with Gasteiger partial charge < -0.3 is 15.1 Å². The lowest BCUT2D eigenvalue weighted by molar-refractivity contribution is -0.143. The van der Waals surface area contributed by atoms with Crippen molar-refractivity contribution in [1.82, 2.24) is 4.90 Å². The SMILES string of the molecule is O=C(O)Nc1ccccc1N(C1CC2CCCC(C1)N2C1CC2CCCC(C2)C1)C1CCCCC1C(=O)O. The molecule has 0 spiro atoms. The van der Waals surface area contributed by atoms with Crippen molar-refractivity contribution in [2.45, 2.75) is 127 Å². The summed E-state index contributed by atoms with van der Waals surface area (Å²) in [4.78, 5) is 29.5. The fourth-order valence-corrected chi connectivity index (χ4v) is 9.45. The Labute approximate surface area is 227 Å².